The van der Waals surface area contributed by atoms with E-state index in [1.807, 2.05) is 18.2 Å². The first-order valence-corrected chi connectivity index (χ1v) is 7.15. The smallest absolute Gasteiger partial charge is 0.251 e. The monoisotopic (exact) mass is 302 g/mol. The van der Waals surface area contributed by atoms with Crippen molar-refractivity contribution in [2.24, 2.45) is 5.92 Å². The Bertz CT molecular complexity index is 632. The second kappa shape index (κ2) is 7.66. The van der Waals surface area contributed by atoms with Crippen molar-refractivity contribution in [3.8, 4) is 0 Å². The molecular weight excluding hydrogens is 283 g/mol. The van der Waals surface area contributed by atoms with Gasteiger partial charge in [-0.2, -0.15) is 0 Å². The number of carbonyl (C=O) groups excluding carboxylic acids is 1. The summed E-state index contributed by atoms with van der Waals surface area (Å²) in [5.41, 5.74) is 1.71. The summed E-state index contributed by atoms with van der Waals surface area (Å²) in [5.74, 6) is -0.720. The van der Waals surface area contributed by atoms with Crippen molar-refractivity contribution in [2.75, 3.05) is 13.2 Å². The summed E-state index contributed by atoms with van der Waals surface area (Å²) in [6, 6.07) is 9.84. The number of halogens is 1. The molecule has 1 aromatic heterocycles. The van der Waals surface area contributed by atoms with Crippen LogP contribution in [0, 0.1) is 18.7 Å². The zero-order valence-electron chi connectivity index (χ0n) is 12.4. The van der Waals surface area contributed by atoms with Gasteiger partial charge in [0, 0.05) is 36.5 Å². The highest BCUT2D eigenvalue weighted by Gasteiger charge is 2.13. The van der Waals surface area contributed by atoms with Gasteiger partial charge < -0.3 is 10.4 Å². The van der Waals surface area contributed by atoms with Gasteiger partial charge in [0.25, 0.3) is 5.91 Å². The van der Waals surface area contributed by atoms with E-state index in [0.29, 0.717) is 24.1 Å². The molecule has 0 saturated heterocycles. The molecule has 0 spiro atoms. The quantitative estimate of drug-likeness (QED) is 0.859. The lowest BCUT2D eigenvalue weighted by atomic mass is 10.0. The number of amides is 1. The Hall–Kier alpha value is -2.27. The van der Waals surface area contributed by atoms with Gasteiger partial charge in [-0.25, -0.2) is 4.39 Å². The zero-order chi connectivity index (χ0) is 15.9. The maximum Gasteiger partial charge on any atom is 0.251 e. The summed E-state index contributed by atoms with van der Waals surface area (Å²) >= 11 is 0. The summed E-state index contributed by atoms with van der Waals surface area (Å²) in [6.07, 6.45) is 2.28. The number of hydrogen-bond acceptors (Lipinski definition) is 3. The third-order valence-corrected chi connectivity index (χ3v) is 3.45. The van der Waals surface area contributed by atoms with Crippen LogP contribution in [-0.2, 0) is 6.42 Å². The minimum Gasteiger partial charge on any atom is -0.396 e. The predicted molar refractivity (Wildman–Crippen MR) is 82.0 cm³/mol. The van der Waals surface area contributed by atoms with Crippen LogP contribution in [0.3, 0.4) is 0 Å². The number of aryl methyl sites for hydroxylation is 1. The van der Waals surface area contributed by atoms with Gasteiger partial charge in [-0.05, 0) is 49.2 Å². The Labute approximate surface area is 129 Å². The van der Waals surface area contributed by atoms with E-state index in [2.05, 4.69) is 10.3 Å². The molecule has 0 saturated carbocycles. The number of rotatable bonds is 6. The van der Waals surface area contributed by atoms with E-state index in [4.69, 9.17) is 0 Å². The molecule has 1 atom stereocenters. The molecule has 22 heavy (non-hydrogen) atoms. The third-order valence-electron chi connectivity index (χ3n) is 3.45. The highest BCUT2D eigenvalue weighted by molar-refractivity contribution is 5.94. The Morgan fingerprint density at radius 1 is 1.36 bits per heavy atom. The van der Waals surface area contributed by atoms with Crippen LogP contribution in [0.25, 0.3) is 0 Å². The van der Waals surface area contributed by atoms with E-state index >= 15 is 0 Å². The molecule has 0 aliphatic rings. The highest BCUT2D eigenvalue weighted by Crippen LogP contribution is 2.10. The van der Waals surface area contributed by atoms with Crippen LogP contribution in [0.15, 0.2) is 42.6 Å². The van der Waals surface area contributed by atoms with E-state index in [1.54, 1.807) is 13.1 Å². The van der Waals surface area contributed by atoms with Gasteiger partial charge in [0.05, 0.1) is 0 Å². The summed E-state index contributed by atoms with van der Waals surface area (Å²) in [5, 5.41) is 12.2. The minimum atomic E-state index is -0.333. The minimum absolute atomic E-state index is 0.0424. The molecule has 1 amide bonds. The molecular formula is C17H19FN2O2. The second-order valence-electron chi connectivity index (χ2n) is 5.25. The first kappa shape index (κ1) is 16.1. The molecule has 2 aromatic rings. The van der Waals surface area contributed by atoms with E-state index < -0.39 is 0 Å². The molecule has 0 aliphatic carbocycles. The van der Waals surface area contributed by atoms with Crippen LogP contribution in [0.2, 0.25) is 0 Å². The average Bonchev–Trinajstić information content (AvgIpc) is 2.54. The van der Waals surface area contributed by atoms with Gasteiger partial charge in [-0.3, -0.25) is 9.78 Å². The van der Waals surface area contributed by atoms with Crippen molar-refractivity contribution in [3.63, 3.8) is 0 Å². The van der Waals surface area contributed by atoms with Crippen LogP contribution in [0.4, 0.5) is 4.39 Å². The molecule has 2 rings (SSSR count). The topological polar surface area (TPSA) is 62.2 Å². The number of aliphatic hydroxyl groups excluding tert-OH is 1. The molecule has 2 N–H and O–H groups in total. The maximum absolute atomic E-state index is 13.2. The molecule has 0 aliphatic heterocycles. The molecule has 0 unspecified atom stereocenters. The van der Waals surface area contributed by atoms with E-state index in [9.17, 15) is 14.3 Å². The molecule has 1 heterocycles. The lowest BCUT2D eigenvalue weighted by Gasteiger charge is -2.15. The van der Waals surface area contributed by atoms with Crippen LogP contribution < -0.4 is 5.32 Å². The fourth-order valence-corrected chi connectivity index (χ4v) is 2.14. The van der Waals surface area contributed by atoms with E-state index in [0.717, 1.165) is 5.69 Å². The van der Waals surface area contributed by atoms with Gasteiger partial charge in [-0.15, -0.1) is 0 Å². The number of aromatic nitrogens is 1. The van der Waals surface area contributed by atoms with Gasteiger partial charge >= 0.3 is 0 Å². The number of benzene rings is 1. The fraction of sp³-hybridized carbons (Fsp3) is 0.294. The molecule has 0 radical (unpaired) electrons. The lowest BCUT2D eigenvalue weighted by Crippen LogP contribution is -2.32. The van der Waals surface area contributed by atoms with Crippen LogP contribution in [0.1, 0.15) is 21.6 Å². The fourth-order valence-electron chi connectivity index (χ4n) is 2.14. The number of pyridine rings is 1. The summed E-state index contributed by atoms with van der Waals surface area (Å²) in [7, 11) is 0. The number of hydrogen-bond donors (Lipinski definition) is 2. The first-order valence-electron chi connectivity index (χ1n) is 7.15. The van der Waals surface area contributed by atoms with Gasteiger partial charge in [0.2, 0.25) is 0 Å². The second-order valence-corrected chi connectivity index (χ2v) is 5.25. The Balaban J connectivity index is 1.92. The highest BCUT2D eigenvalue weighted by atomic mass is 19.1. The first-order chi connectivity index (χ1) is 10.6. The lowest BCUT2D eigenvalue weighted by molar-refractivity contribution is 0.0939. The average molecular weight is 302 g/mol. The van der Waals surface area contributed by atoms with Crippen LogP contribution in [0.5, 0.6) is 0 Å². The number of nitrogens with zero attached hydrogens (tertiary/aromatic N) is 1. The van der Waals surface area contributed by atoms with Crippen molar-refractivity contribution in [1.29, 1.82) is 0 Å². The summed E-state index contributed by atoms with van der Waals surface area (Å²) in [6.45, 7) is 1.91. The number of aliphatic hydroxyl groups is 1. The molecule has 5 heteroatoms. The van der Waals surface area contributed by atoms with E-state index in [-0.39, 0.29) is 24.2 Å². The Morgan fingerprint density at radius 3 is 2.82 bits per heavy atom. The van der Waals surface area contributed by atoms with Gasteiger partial charge in [-0.1, -0.05) is 6.07 Å². The van der Waals surface area contributed by atoms with Crippen molar-refractivity contribution in [2.45, 2.75) is 13.3 Å². The molecule has 0 fully saturated rings. The van der Waals surface area contributed by atoms with Crippen molar-refractivity contribution in [3.05, 3.63) is 65.2 Å². The van der Waals surface area contributed by atoms with Gasteiger partial charge in [0.1, 0.15) is 5.82 Å². The zero-order valence-corrected chi connectivity index (χ0v) is 12.4. The predicted octanol–water partition coefficient (Wildman–Crippen LogP) is 2.11. The molecule has 1 aromatic carbocycles. The maximum atomic E-state index is 13.2. The summed E-state index contributed by atoms with van der Waals surface area (Å²) in [4.78, 5) is 16.3. The van der Waals surface area contributed by atoms with Crippen LogP contribution >= 0.6 is 0 Å². The van der Waals surface area contributed by atoms with E-state index in [1.165, 1.54) is 18.2 Å². The van der Waals surface area contributed by atoms with Gasteiger partial charge in [0.15, 0.2) is 0 Å². The molecule has 116 valence electrons. The Morgan fingerprint density at radius 2 is 2.18 bits per heavy atom. The van der Waals surface area contributed by atoms with Crippen molar-refractivity contribution in [1.82, 2.24) is 10.3 Å². The standard InChI is InChI=1S/C17H19FN2O2/c1-12-8-14(5-6-16(12)18)17(22)20-10-13(11-21)9-15-4-2-3-7-19-15/h2-8,13,21H,9-11H2,1H3,(H,20,22)/t13-/m0/s1. The largest absolute Gasteiger partial charge is 0.396 e. The Kier molecular flexibility index (Phi) is 5.61. The number of nitrogens with one attached hydrogen (secondary N) is 1. The molecule has 4 nitrogen and oxygen atoms in total. The summed E-state index contributed by atoms with van der Waals surface area (Å²) < 4.78 is 13.2. The normalized spacial score (nSPS) is 12.0. The SMILES string of the molecule is Cc1cc(C(=O)NC[C@@H](CO)Cc2ccccn2)ccc1F. The third kappa shape index (κ3) is 4.36. The van der Waals surface area contributed by atoms with Crippen LogP contribution in [-0.4, -0.2) is 29.1 Å². The number of carbonyl (C=O) groups is 1. The van der Waals surface area contributed by atoms with Crippen molar-refractivity contribution < 1.29 is 14.3 Å². The molecule has 0 bridgehead atoms. The van der Waals surface area contributed by atoms with Crippen molar-refractivity contribution >= 4 is 5.91 Å².